The highest BCUT2D eigenvalue weighted by Gasteiger charge is 2.31. The van der Waals surface area contributed by atoms with Crippen molar-refractivity contribution >= 4 is 23.3 Å². The molecule has 26 heavy (non-hydrogen) atoms. The summed E-state index contributed by atoms with van der Waals surface area (Å²) in [5, 5.41) is 4.42. The van der Waals surface area contributed by atoms with Crippen LogP contribution in [0.2, 0.25) is 0 Å². The fraction of sp³-hybridized carbons (Fsp3) is 0.176. The Morgan fingerprint density at radius 1 is 1.00 bits per heavy atom. The third-order valence-corrected chi connectivity index (χ3v) is 3.41. The van der Waals surface area contributed by atoms with Gasteiger partial charge in [-0.2, -0.15) is 13.2 Å². The maximum atomic E-state index is 13.6. The van der Waals surface area contributed by atoms with E-state index in [4.69, 9.17) is 5.73 Å². The van der Waals surface area contributed by atoms with Gasteiger partial charge in [-0.3, -0.25) is 4.79 Å². The van der Waals surface area contributed by atoms with Gasteiger partial charge in [-0.25, -0.2) is 9.18 Å². The standard InChI is InChI=1S/C17H15F4N3O2/c18-13-7-4-11(17(19,20)21)9-14(13)24-16(26)23-12-5-1-10(2-6-12)3-8-15(22)25/h1-2,4-7,9H,3,8H2,(H2,22,25)(H2,23,24,26). The number of urea groups is 1. The molecule has 2 aromatic rings. The van der Waals surface area contributed by atoms with Gasteiger partial charge in [0, 0.05) is 12.1 Å². The summed E-state index contributed by atoms with van der Waals surface area (Å²) in [6, 6.07) is 7.23. The Hall–Kier alpha value is -3.10. The van der Waals surface area contributed by atoms with Crippen LogP contribution in [0, 0.1) is 5.82 Å². The van der Waals surface area contributed by atoms with Gasteiger partial charge in [0.25, 0.3) is 0 Å². The predicted octanol–water partition coefficient (Wildman–Crippen LogP) is 3.91. The second-order valence-electron chi connectivity index (χ2n) is 5.43. The lowest BCUT2D eigenvalue weighted by molar-refractivity contribution is -0.137. The molecule has 5 nitrogen and oxygen atoms in total. The van der Waals surface area contributed by atoms with Crippen LogP contribution in [-0.4, -0.2) is 11.9 Å². The number of nitrogens with one attached hydrogen (secondary N) is 2. The van der Waals surface area contributed by atoms with Crippen molar-refractivity contribution < 1.29 is 27.2 Å². The average molecular weight is 369 g/mol. The molecule has 0 saturated carbocycles. The Bertz CT molecular complexity index is 805. The smallest absolute Gasteiger partial charge is 0.370 e. The van der Waals surface area contributed by atoms with Crippen LogP contribution in [0.15, 0.2) is 42.5 Å². The number of benzene rings is 2. The molecule has 138 valence electrons. The molecule has 0 aliphatic rings. The molecule has 0 radical (unpaired) electrons. The molecular weight excluding hydrogens is 354 g/mol. The average Bonchev–Trinajstić information content (AvgIpc) is 2.55. The van der Waals surface area contributed by atoms with Crippen LogP contribution in [0.4, 0.5) is 33.7 Å². The van der Waals surface area contributed by atoms with Crippen molar-refractivity contribution in [1.82, 2.24) is 0 Å². The second kappa shape index (κ2) is 7.85. The number of nitrogens with two attached hydrogens (primary N) is 1. The van der Waals surface area contributed by atoms with Gasteiger partial charge in [0.05, 0.1) is 11.3 Å². The molecule has 0 bridgehead atoms. The molecular formula is C17H15F4N3O2. The van der Waals surface area contributed by atoms with Crippen molar-refractivity contribution in [2.75, 3.05) is 10.6 Å². The topological polar surface area (TPSA) is 84.2 Å². The van der Waals surface area contributed by atoms with E-state index < -0.39 is 35.2 Å². The first-order chi connectivity index (χ1) is 12.1. The summed E-state index contributed by atoms with van der Waals surface area (Å²) in [4.78, 5) is 22.6. The zero-order chi connectivity index (χ0) is 19.3. The number of rotatable bonds is 5. The van der Waals surface area contributed by atoms with Crippen LogP contribution < -0.4 is 16.4 Å². The number of amides is 3. The van der Waals surface area contributed by atoms with Crippen molar-refractivity contribution in [2.24, 2.45) is 5.73 Å². The molecule has 0 unspecified atom stereocenters. The molecule has 0 aromatic heterocycles. The fourth-order valence-corrected chi connectivity index (χ4v) is 2.10. The first kappa shape index (κ1) is 19.2. The Kier molecular flexibility index (Phi) is 5.81. The molecule has 0 atom stereocenters. The minimum absolute atomic E-state index is 0.183. The van der Waals surface area contributed by atoms with E-state index in [2.05, 4.69) is 5.32 Å². The van der Waals surface area contributed by atoms with Crippen molar-refractivity contribution in [1.29, 1.82) is 0 Å². The number of alkyl halides is 3. The second-order valence-corrected chi connectivity index (χ2v) is 5.43. The molecule has 2 rings (SSSR count). The van der Waals surface area contributed by atoms with E-state index in [1.54, 1.807) is 24.3 Å². The van der Waals surface area contributed by atoms with Gasteiger partial charge in [0.2, 0.25) is 5.91 Å². The highest BCUT2D eigenvalue weighted by atomic mass is 19.4. The summed E-state index contributed by atoms with van der Waals surface area (Å²) in [5.74, 6) is -1.43. The number of aryl methyl sites for hydroxylation is 1. The van der Waals surface area contributed by atoms with E-state index in [-0.39, 0.29) is 6.42 Å². The summed E-state index contributed by atoms with van der Waals surface area (Å²) in [6.07, 6.45) is -4.03. The summed E-state index contributed by atoms with van der Waals surface area (Å²) < 4.78 is 51.6. The van der Waals surface area contributed by atoms with Crippen LogP contribution in [0.25, 0.3) is 0 Å². The van der Waals surface area contributed by atoms with Crippen molar-refractivity contribution in [3.63, 3.8) is 0 Å². The predicted molar refractivity (Wildman–Crippen MR) is 88.0 cm³/mol. The van der Waals surface area contributed by atoms with Crippen LogP contribution in [0.1, 0.15) is 17.5 Å². The third-order valence-electron chi connectivity index (χ3n) is 3.41. The number of hydrogen-bond donors (Lipinski definition) is 3. The lowest BCUT2D eigenvalue weighted by Crippen LogP contribution is -2.20. The minimum atomic E-state index is -4.65. The Balaban J connectivity index is 2.01. The maximum absolute atomic E-state index is 13.6. The highest BCUT2D eigenvalue weighted by Crippen LogP contribution is 2.31. The summed E-state index contributed by atoms with van der Waals surface area (Å²) in [6.45, 7) is 0. The molecule has 0 aliphatic carbocycles. The molecule has 0 heterocycles. The zero-order valence-electron chi connectivity index (χ0n) is 13.4. The molecule has 4 N–H and O–H groups in total. The number of hydrogen-bond acceptors (Lipinski definition) is 2. The van der Waals surface area contributed by atoms with Crippen molar-refractivity contribution in [3.05, 3.63) is 59.4 Å². The summed E-state index contributed by atoms with van der Waals surface area (Å²) >= 11 is 0. The van der Waals surface area contributed by atoms with Gasteiger partial charge >= 0.3 is 12.2 Å². The third kappa shape index (κ3) is 5.47. The van der Waals surface area contributed by atoms with E-state index in [0.717, 1.165) is 5.56 Å². The van der Waals surface area contributed by atoms with Crippen molar-refractivity contribution in [3.8, 4) is 0 Å². The van der Waals surface area contributed by atoms with Crippen molar-refractivity contribution in [2.45, 2.75) is 19.0 Å². The normalized spacial score (nSPS) is 11.1. The van der Waals surface area contributed by atoms with E-state index in [1.165, 1.54) is 0 Å². The van der Waals surface area contributed by atoms with Gasteiger partial charge in [-0.1, -0.05) is 12.1 Å². The highest BCUT2D eigenvalue weighted by molar-refractivity contribution is 5.99. The van der Waals surface area contributed by atoms with Crippen LogP contribution >= 0.6 is 0 Å². The summed E-state index contributed by atoms with van der Waals surface area (Å²) in [5.41, 5.74) is 4.55. The van der Waals surface area contributed by atoms with Crippen LogP contribution in [0.3, 0.4) is 0 Å². The molecule has 0 fully saturated rings. The number of halogens is 4. The molecule has 2 aromatic carbocycles. The van der Waals surface area contributed by atoms with E-state index in [0.29, 0.717) is 30.3 Å². The maximum Gasteiger partial charge on any atom is 0.416 e. The molecule has 0 saturated heterocycles. The number of primary amides is 1. The first-order valence-corrected chi connectivity index (χ1v) is 7.47. The Labute approximate surface area is 146 Å². The summed E-state index contributed by atoms with van der Waals surface area (Å²) in [7, 11) is 0. The van der Waals surface area contributed by atoms with Gasteiger partial charge < -0.3 is 16.4 Å². The van der Waals surface area contributed by atoms with Gasteiger partial charge in [0.1, 0.15) is 5.82 Å². The SMILES string of the molecule is NC(=O)CCc1ccc(NC(=O)Nc2cc(C(F)(F)F)ccc2F)cc1. The molecule has 0 spiro atoms. The Morgan fingerprint density at radius 2 is 1.65 bits per heavy atom. The fourth-order valence-electron chi connectivity index (χ4n) is 2.10. The molecule has 0 aliphatic heterocycles. The lowest BCUT2D eigenvalue weighted by Gasteiger charge is -2.12. The first-order valence-electron chi connectivity index (χ1n) is 7.47. The number of carbonyl (C=O) groups is 2. The largest absolute Gasteiger partial charge is 0.416 e. The zero-order valence-corrected chi connectivity index (χ0v) is 13.4. The van der Waals surface area contributed by atoms with Gasteiger partial charge in [-0.15, -0.1) is 0 Å². The van der Waals surface area contributed by atoms with E-state index >= 15 is 0 Å². The van der Waals surface area contributed by atoms with Crippen LogP contribution in [-0.2, 0) is 17.4 Å². The minimum Gasteiger partial charge on any atom is -0.370 e. The Morgan fingerprint density at radius 3 is 2.23 bits per heavy atom. The molecule has 9 heteroatoms. The van der Waals surface area contributed by atoms with Gasteiger partial charge in [-0.05, 0) is 42.3 Å². The molecule has 3 amide bonds. The van der Waals surface area contributed by atoms with Gasteiger partial charge in [0.15, 0.2) is 0 Å². The quantitative estimate of drug-likeness (QED) is 0.698. The number of carbonyl (C=O) groups excluding carboxylic acids is 2. The van der Waals surface area contributed by atoms with Crippen LogP contribution in [0.5, 0.6) is 0 Å². The van der Waals surface area contributed by atoms with E-state index in [9.17, 15) is 27.2 Å². The van der Waals surface area contributed by atoms with E-state index in [1.807, 2.05) is 5.32 Å². The monoisotopic (exact) mass is 369 g/mol. The number of anilines is 2. The lowest BCUT2D eigenvalue weighted by atomic mass is 10.1.